The molecule has 1 aromatic carbocycles. The molecule has 0 amide bonds. The van der Waals surface area contributed by atoms with Gasteiger partial charge < -0.3 is 11.1 Å². The summed E-state index contributed by atoms with van der Waals surface area (Å²) in [5, 5.41) is 3.15. The summed E-state index contributed by atoms with van der Waals surface area (Å²) in [4.78, 5) is 8.62. The summed E-state index contributed by atoms with van der Waals surface area (Å²) in [6, 6.07) is 9.95. The maximum absolute atomic E-state index is 5.52. The normalized spacial score (nSPS) is 10.1. The molecule has 0 atom stereocenters. The molecule has 5 heteroatoms. The molecule has 0 spiro atoms. The Balaban J connectivity index is 2.06. The van der Waals surface area contributed by atoms with Crippen molar-refractivity contribution in [1.82, 2.24) is 9.97 Å². The van der Waals surface area contributed by atoms with E-state index in [2.05, 4.69) is 40.4 Å². The van der Waals surface area contributed by atoms with E-state index in [1.54, 1.807) is 12.3 Å². The number of hydrogen-bond donors (Lipinski definition) is 2. The first kappa shape index (κ1) is 12.4. The Morgan fingerprint density at radius 1 is 1.39 bits per heavy atom. The summed E-state index contributed by atoms with van der Waals surface area (Å²) >= 11 is 4.88. The third-order valence-electron chi connectivity index (χ3n) is 2.44. The average Bonchev–Trinajstić information content (AvgIpc) is 2.37. The summed E-state index contributed by atoms with van der Waals surface area (Å²) in [6.07, 6.45) is 1.64. The van der Waals surface area contributed by atoms with Crippen LogP contribution in [-0.2, 0) is 6.54 Å². The van der Waals surface area contributed by atoms with Crippen LogP contribution in [0.1, 0.15) is 16.8 Å². The van der Waals surface area contributed by atoms with Crippen LogP contribution in [0, 0.1) is 6.92 Å². The molecule has 0 saturated heterocycles. The zero-order valence-corrected chi connectivity index (χ0v) is 10.9. The first-order valence-electron chi connectivity index (χ1n) is 5.57. The van der Waals surface area contributed by atoms with Gasteiger partial charge in [-0.1, -0.05) is 42.0 Å². The van der Waals surface area contributed by atoms with Crippen molar-refractivity contribution in [3.8, 4) is 0 Å². The van der Waals surface area contributed by atoms with Gasteiger partial charge in [-0.05, 0) is 18.6 Å². The van der Waals surface area contributed by atoms with Gasteiger partial charge in [0.1, 0.15) is 10.7 Å². The first-order valence-corrected chi connectivity index (χ1v) is 5.98. The minimum Gasteiger partial charge on any atom is -0.388 e. The highest BCUT2D eigenvalue weighted by atomic mass is 32.1. The molecular weight excluding hydrogens is 244 g/mol. The van der Waals surface area contributed by atoms with Crippen LogP contribution in [0.3, 0.4) is 0 Å². The molecule has 4 nitrogen and oxygen atoms in total. The number of benzene rings is 1. The van der Waals surface area contributed by atoms with Crippen molar-refractivity contribution in [1.29, 1.82) is 0 Å². The topological polar surface area (TPSA) is 63.8 Å². The van der Waals surface area contributed by atoms with Gasteiger partial charge >= 0.3 is 0 Å². The highest BCUT2D eigenvalue weighted by Crippen LogP contribution is 2.07. The molecule has 2 rings (SSSR count). The summed E-state index contributed by atoms with van der Waals surface area (Å²) in [6.45, 7) is 2.73. The molecule has 92 valence electrons. The van der Waals surface area contributed by atoms with Gasteiger partial charge in [0, 0.05) is 12.7 Å². The molecule has 0 aliphatic rings. The minimum atomic E-state index is 0.274. The standard InChI is InChI=1S/C13H14N4S/c1-9-3-2-4-10(7-9)8-16-13-15-6-5-11(17-13)12(14)18/h2-7H,8H2,1H3,(H2,14,18)(H,15,16,17). The van der Waals surface area contributed by atoms with Crippen LogP contribution < -0.4 is 11.1 Å². The van der Waals surface area contributed by atoms with Gasteiger partial charge in [-0.15, -0.1) is 0 Å². The average molecular weight is 258 g/mol. The largest absolute Gasteiger partial charge is 0.388 e. The van der Waals surface area contributed by atoms with Crippen molar-refractivity contribution in [2.45, 2.75) is 13.5 Å². The van der Waals surface area contributed by atoms with Gasteiger partial charge in [0.15, 0.2) is 0 Å². The Labute approximate surface area is 111 Å². The van der Waals surface area contributed by atoms with Gasteiger partial charge in [-0.3, -0.25) is 0 Å². The minimum absolute atomic E-state index is 0.274. The van der Waals surface area contributed by atoms with E-state index >= 15 is 0 Å². The molecule has 2 aromatic rings. The summed E-state index contributed by atoms with van der Waals surface area (Å²) < 4.78 is 0. The fraction of sp³-hybridized carbons (Fsp3) is 0.154. The van der Waals surface area contributed by atoms with Crippen molar-refractivity contribution in [2.75, 3.05) is 5.32 Å². The number of anilines is 1. The second-order valence-corrected chi connectivity index (χ2v) is 4.41. The third-order valence-corrected chi connectivity index (χ3v) is 2.65. The van der Waals surface area contributed by atoms with Crippen molar-refractivity contribution in [2.24, 2.45) is 5.73 Å². The highest BCUT2D eigenvalue weighted by Gasteiger charge is 2.01. The van der Waals surface area contributed by atoms with E-state index in [-0.39, 0.29) is 4.99 Å². The smallest absolute Gasteiger partial charge is 0.223 e. The molecule has 18 heavy (non-hydrogen) atoms. The number of aryl methyl sites for hydroxylation is 1. The fourth-order valence-electron chi connectivity index (χ4n) is 1.58. The van der Waals surface area contributed by atoms with Crippen LogP contribution in [-0.4, -0.2) is 15.0 Å². The summed E-state index contributed by atoms with van der Waals surface area (Å²) in [7, 11) is 0. The predicted molar refractivity (Wildman–Crippen MR) is 76.4 cm³/mol. The van der Waals surface area contributed by atoms with Crippen LogP contribution >= 0.6 is 12.2 Å². The Morgan fingerprint density at radius 3 is 2.94 bits per heavy atom. The third kappa shape index (κ3) is 3.24. The van der Waals surface area contributed by atoms with Gasteiger partial charge in [0.2, 0.25) is 5.95 Å². The lowest BCUT2D eigenvalue weighted by molar-refractivity contribution is 1.05. The van der Waals surface area contributed by atoms with Gasteiger partial charge in [0.05, 0.1) is 0 Å². The number of nitrogens with two attached hydrogens (primary N) is 1. The van der Waals surface area contributed by atoms with Crippen molar-refractivity contribution in [3.63, 3.8) is 0 Å². The van der Waals surface area contributed by atoms with Crippen LogP contribution in [0.5, 0.6) is 0 Å². The zero-order chi connectivity index (χ0) is 13.0. The van der Waals surface area contributed by atoms with E-state index < -0.39 is 0 Å². The van der Waals surface area contributed by atoms with E-state index in [1.165, 1.54) is 11.1 Å². The van der Waals surface area contributed by atoms with Gasteiger partial charge in [-0.2, -0.15) is 0 Å². The summed E-state index contributed by atoms with van der Waals surface area (Å²) in [5.74, 6) is 0.529. The number of nitrogens with zero attached hydrogens (tertiary/aromatic N) is 2. The van der Waals surface area contributed by atoms with Crippen LogP contribution in [0.4, 0.5) is 5.95 Å². The Morgan fingerprint density at radius 2 is 2.22 bits per heavy atom. The zero-order valence-electron chi connectivity index (χ0n) is 10.1. The lowest BCUT2D eigenvalue weighted by atomic mass is 10.1. The summed E-state index contributed by atoms with van der Waals surface area (Å²) in [5.41, 5.74) is 8.51. The molecule has 1 aromatic heterocycles. The molecule has 1 heterocycles. The molecule has 0 bridgehead atoms. The molecule has 0 aliphatic heterocycles. The second-order valence-electron chi connectivity index (χ2n) is 3.97. The molecule has 0 saturated carbocycles. The molecule has 0 radical (unpaired) electrons. The molecule has 0 unspecified atom stereocenters. The molecule has 3 N–H and O–H groups in total. The highest BCUT2D eigenvalue weighted by molar-refractivity contribution is 7.80. The van der Waals surface area contributed by atoms with Crippen LogP contribution in [0.25, 0.3) is 0 Å². The van der Waals surface area contributed by atoms with Crippen molar-refractivity contribution >= 4 is 23.2 Å². The number of nitrogens with one attached hydrogen (secondary N) is 1. The Hall–Kier alpha value is -2.01. The number of thiocarbonyl (C=S) groups is 1. The quantitative estimate of drug-likeness (QED) is 0.822. The van der Waals surface area contributed by atoms with E-state index in [0.717, 1.165) is 0 Å². The Kier molecular flexibility index (Phi) is 3.84. The van der Waals surface area contributed by atoms with E-state index in [4.69, 9.17) is 18.0 Å². The van der Waals surface area contributed by atoms with E-state index in [9.17, 15) is 0 Å². The van der Waals surface area contributed by atoms with Crippen LogP contribution in [0.2, 0.25) is 0 Å². The molecule has 0 fully saturated rings. The van der Waals surface area contributed by atoms with E-state index in [0.29, 0.717) is 18.2 Å². The van der Waals surface area contributed by atoms with Gasteiger partial charge in [-0.25, -0.2) is 9.97 Å². The van der Waals surface area contributed by atoms with Crippen molar-refractivity contribution < 1.29 is 0 Å². The number of rotatable bonds is 4. The first-order chi connectivity index (χ1) is 8.65. The lowest BCUT2D eigenvalue weighted by Crippen LogP contribution is -2.13. The second kappa shape index (κ2) is 5.55. The number of hydrogen-bond acceptors (Lipinski definition) is 4. The van der Waals surface area contributed by atoms with Gasteiger partial charge in [0.25, 0.3) is 0 Å². The maximum Gasteiger partial charge on any atom is 0.223 e. The fourth-order valence-corrected chi connectivity index (χ4v) is 1.70. The Bertz CT molecular complexity index is 568. The number of aromatic nitrogens is 2. The molecular formula is C13H14N4S. The van der Waals surface area contributed by atoms with Crippen LogP contribution in [0.15, 0.2) is 36.5 Å². The predicted octanol–water partition coefficient (Wildman–Crippen LogP) is 2.03. The van der Waals surface area contributed by atoms with Crippen molar-refractivity contribution in [3.05, 3.63) is 53.3 Å². The van der Waals surface area contributed by atoms with E-state index in [1.807, 2.05) is 6.07 Å². The monoisotopic (exact) mass is 258 g/mol. The molecule has 0 aliphatic carbocycles. The maximum atomic E-state index is 5.52. The SMILES string of the molecule is Cc1cccc(CNc2nccc(C(N)=S)n2)c1. The lowest BCUT2D eigenvalue weighted by Gasteiger charge is -2.06.